The lowest BCUT2D eigenvalue weighted by Crippen LogP contribution is -2.20. The summed E-state index contributed by atoms with van der Waals surface area (Å²) >= 11 is 0. The Morgan fingerprint density at radius 3 is 2.65 bits per heavy atom. The Labute approximate surface area is 104 Å². The smallest absolute Gasteiger partial charge is 0.227 e. The monoisotopic (exact) mass is 234 g/mol. The van der Waals surface area contributed by atoms with Crippen molar-refractivity contribution in [3.05, 3.63) is 29.8 Å². The molecule has 3 heteroatoms. The number of hydrogen-bond acceptors (Lipinski definition) is 2. The fourth-order valence-electron chi connectivity index (χ4n) is 1.50. The Morgan fingerprint density at radius 1 is 1.35 bits per heavy atom. The Hall–Kier alpha value is -1.35. The van der Waals surface area contributed by atoms with E-state index >= 15 is 0 Å². The number of benzene rings is 1. The van der Waals surface area contributed by atoms with E-state index in [1.807, 2.05) is 39.1 Å². The maximum Gasteiger partial charge on any atom is 0.227 e. The van der Waals surface area contributed by atoms with Gasteiger partial charge in [0.15, 0.2) is 0 Å². The summed E-state index contributed by atoms with van der Waals surface area (Å²) in [4.78, 5) is 11.8. The predicted molar refractivity (Wildman–Crippen MR) is 72.0 cm³/mol. The summed E-state index contributed by atoms with van der Waals surface area (Å²) in [7, 11) is 1.93. The lowest BCUT2D eigenvalue weighted by molar-refractivity contribution is -0.119. The molecule has 2 atom stereocenters. The third-order valence-electron chi connectivity index (χ3n) is 3.15. The molecule has 1 amide bonds. The molecule has 2 N–H and O–H groups in total. The number of hydrogen-bond donors (Lipinski definition) is 2. The molecule has 17 heavy (non-hydrogen) atoms. The van der Waals surface area contributed by atoms with Crippen LogP contribution in [0.15, 0.2) is 24.3 Å². The van der Waals surface area contributed by atoms with Crippen molar-refractivity contribution in [2.75, 3.05) is 12.4 Å². The van der Waals surface area contributed by atoms with Crippen LogP contribution in [0.3, 0.4) is 0 Å². The lowest BCUT2D eigenvalue weighted by atomic mass is 10.1. The molecule has 0 aromatic heterocycles. The fourth-order valence-corrected chi connectivity index (χ4v) is 1.50. The molecule has 94 valence electrons. The van der Waals surface area contributed by atoms with Crippen LogP contribution in [0.4, 0.5) is 5.69 Å². The highest BCUT2D eigenvalue weighted by molar-refractivity contribution is 5.92. The third kappa shape index (κ3) is 3.86. The standard InChI is InChI=1S/C14H22N2O/c1-5-10(2)14(17)16-13-8-6-7-12(9-13)11(3)15-4/h6-11,15H,5H2,1-4H3,(H,16,17). The van der Waals surface area contributed by atoms with Crippen LogP contribution in [0.2, 0.25) is 0 Å². The minimum Gasteiger partial charge on any atom is -0.326 e. The van der Waals surface area contributed by atoms with Crippen molar-refractivity contribution >= 4 is 11.6 Å². The molecule has 0 bridgehead atoms. The molecule has 0 saturated carbocycles. The largest absolute Gasteiger partial charge is 0.326 e. The van der Waals surface area contributed by atoms with Gasteiger partial charge in [0, 0.05) is 17.6 Å². The van der Waals surface area contributed by atoms with Crippen molar-refractivity contribution in [3.8, 4) is 0 Å². The number of carbonyl (C=O) groups excluding carboxylic acids is 1. The Morgan fingerprint density at radius 2 is 2.06 bits per heavy atom. The molecule has 0 fully saturated rings. The lowest BCUT2D eigenvalue weighted by Gasteiger charge is -2.14. The maximum atomic E-state index is 11.8. The van der Waals surface area contributed by atoms with E-state index in [-0.39, 0.29) is 17.9 Å². The Balaban J connectivity index is 2.75. The molecule has 0 aliphatic rings. The molecule has 0 radical (unpaired) electrons. The molecule has 2 unspecified atom stereocenters. The van der Waals surface area contributed by atoms with E-state index < -0.39 is 0 Å². The summed E-state index contributed by atoms with van der Waals surface area (Å²) in [6, 6.07) is 8.25. The van der Waals surface area contributed by atoms with Gasteiger partial charge in [0.2, 0.25) is 5.91 Å². The fraction of sp³-hybridized carbons (Fsp3) is 0.500. The molecule has 0 aliphatic heterocycles. The second-order valence-corrected chi connectivity index (χ2v) is 4.43. The Bertz CT molecular complexity index is 376. The molecular formula is C14H22N2O. The van der Waals surface area contributed by atoms with E-state index in [9.17, 15) is 4.79 Å². The van der Waals surface area contributed by atoms with E-state index in [4.69, 9.17) is 0 Å². The first kappa shape index (κ1) is 13.7. The topological polar surface area (TPSA) is 41.1 Å². The number of nitrogens with one attached hydrogen (secondary N) is 2. The molecule has 1 aromatic rings. The van der Waals surface area contributed by atoms with Crippen LogP contribution in [0.25, 0.3) is 0 Å². The minimum absolute atomic E-state index is 0.0559. The van der Waals surface area contributed by atoms with Gasteiger partial charge >= 0.3 is 0 Å². The van der Waals surface area contributed by atoms with Crippen LogP contribution in [-0.2, 0) is 4.79 Å². The predicted octanol–water partition coefficient (Wildman–Crippen LogP) is 2.95. The zero-order valence-electron chi connectivity index (χ0n) is 11.1. The summed E-state index contributed by atoms with van der Waals surface area (Å²) in [5, 5.41) is 6.13. The first-order valence-corrected chi connectivity index (χ1v) is 6.16. The normalized spacial score (nSPS) is 14.1. The highest BCUT2D eigenvalue weighted by Gasteiger charge is 2.11. The van der Waals surface area contributed by atoms with E-state index in [1.54, 1.807) is 0 Å². The maximum absolute atomic E-state index is 11.8. The van der Waals surface area contributed by atoms with Crippen LogP contribution in [0.1, 0.15) is 38.8 Å². The van der Waals surface area contributed by atoms with Gasteiger partial charge in [-0.3, -0.25) is 4.79 Å². The SMILES string of the molecule is CCC(C)C(=O)Nc1cccc(C(C)NC)c1. The molecule has 0 aliphatic carbocycles. The van der Waals surface area contributed by atoms with Gasteiger partial charge < -0.3 is 10.6 Å². The van der Waals surface area contributed by atoms with Crippen molar-refractivity contribution < 1.29 is 4.79 Å². The Kier molecular flexibility index (Phi) is 5.16. The molecule has 0 heterocycles. The van der Waals surface area contributed by atoms with Crippen molar-refractivity contribution in [3.63, 3.8) is 0 Å². The van der Waals surface area contributed by atoms with Gasteiger partial charge in [0.25, 0.3) is 0 Å². The van der Waals surface area contributed by atoms with Crippen LogP contribution in [0.5, 0.6) is 0 Å². The summed E-state index contributed by atoms with van der Waals surface area (Å²) in [6.45, 7) is 6.05. The average Bonchev–Trinajstić information content (AvgIpc) is 2.37. The minimum atomic E-state index is 0.0559. The van der Waals surface area contributed by atoms with Crippen LogP contribution in [-0.4, -0.2) is 13.0 Å². The second kappa shape index (κ2) is 6.40. The van der Waals surface area contributed by atoms with Gasteiger partial charge in [-0.05, 0) is 38.1 Å². The van der Waals surface area contributed by atoms with Crippen LogP contribution in [0, 0.1) is 5.92 Å². The van der Waals surface area contributed by atoms with Crippen molar-refractivity contribution in [2.24, 2.45) is 5.92 Å². The van der Waals surface area contributed by atoms with E-state index in [1.165, 1.54) is 5.56 Å². The van der Waals surface area contributed by atoms with Gasteiger partial charge in [-0.2, -0.15) is 0 Å². The summed E-state index contributed by atoms with van der Waals surface area (Å²) in [5.74, 6) is 0.141. The number of amides is 1. The zero-order valence-corrected chi connectivity index (χ0v) is 11.1. The van der Waals surface area contributed by atoms with Crippen LogP contribution >= 0.6 is 0 Å². The van der Waals surface area contributed by atoms with Crippen molar-refractivity contribution in [2.45, 2.75) is 33.2 Å². The van der Waals surface area contributed by atoms with E-state index in [0.29, 0.717) is 0 Å². The second-order valence-electron chi connectivity index (χ2n) is 4.43. The first-order chi connectivity index (χ1) is 8.08. The highest BCUT2D eigenvalue weighted by Crippen LogP contribution is 2.17. The third-order valence-corrected chi connectivity index (χ3v) is 3.15. The first-order valence-electron chi connectivity index (χ1n) is 6.16. The van der Waals surface area contributed by atoms with Crippen LogP contribution < -0.4 is 10.6 Å². The summed E-state index contributed by atoms with van der Waals surface area (Å²) in [5.41, 5.74) is 2.05. The van der Waals surface area contributed by atoms with Gasteiger partial charge in [0.05, 0.1) is 0 Å². The quantitative estimate of drug-likeness (QED) is 0.822. The number of anilines is 1. The van der Waals surface area contributed by atoms with Gasteiger partial charge in [0.1, 0.15) is 0 Å². The number of rotatable bonds is 5. The molecule has 0 saturated heterocycles. The van der Waals surface area contributed by atoms with Gasteiger partial charge in [-0.25, -0.2) is 0 Å². The van der Waals surface area contributed by atoms with Gasteiger partial charge in [-0.1, -0.05) is 26.0 Å². The molecule has 3 nitrogen and oxygen atoms in total. The molecule has 1 aromatic carbocycles. The number of carbonyl (C=O) groups is 1. The average molecular weight is 234 g/mol. The van der Waals surface area contributed by atoms with Gasteiger partial charge in [-0.15, -0.1) is 0 Å². The highest BCUT2D eigenvalue weighted by atomic mass is 16.1. The zero-order chi connectivity index (χ0) is 12.8. The molecular weight excluding hydrogens is 212 g/mol. The summed E-state index contributed by atoms with van der Waals surface area (Å²) in [6.07, 6.45) is 0.860. The summed E-state index contributed by atoms with van der Waals surface area (Å²) < 4.78 is 0. The van der Waals surface area contributed by atoms with Crippen molar-refractivity contribution in [1.82, 2.24) is 5.32 Å². The van der Waals surface area contributed by atoms with E-state index in [2.05, 4.69) is 23.6 Å². The van der Waals surface area contributed by atoms with E-state index in [0.717, 1.165) is 12.1 Å². The molecule has 0 spiro atoms. The molecule has 1 rings (SSSR count). The van der Waals surface area contributed by atoms with Crippen molar-refractivity contribution in [1.29, 1.82) is 0 Å².